The third-order valence-corrected chi connectivity index (χ3v) is 1.33. The number of rotatable bonds is 1. The van der Waals surface area contributed by atoms with Crippen LogP contribution in [0.5, 0.6) is 0 Å². The van der Waals surface area contributed by atoms with Gasteiger partial charge < -0.3 is 10.4 Å². The van der Waals surface area contributed by atoms with Crippen molar-refractivity contribution in [3.63, 3.8) is 0 Å². The lowest BCUT2D eigenvalue weighted by Crippen LogP contribution is -1.91. The number of nitrogens with zero attached hydrogens (tertiary/aromatic N) is 1. The van der Waals surface area contributed by atoms with Crippen LogP contribution < -0.4 is 0 Å². The summed E-state index contributed by atoms with van der Waals surface area (Å²) in [5.41, 5.74) is 1.41. The van der Waals surface area contributed by atoms with Crippen LogP contribution in [0.1, 0.15) is 12.5 Å². The van der Waals surface area contributed by atoms with Crippen molar-refractivity contribution in [1.29, 1.82) is 0 Å². The molecule has 1 rings (SSSR count). The molecule has 1 aromatic carbocycles. The molecule has 0 unspecified atom stereocenters. The first-order chi connectivity index (χ1) is 4.84. The molecule has 0 N–H and O–H groups in total. The van der Waals surface area contributed by atoms with Crippen LogP contribution in [-0.4, -0.2) is 5.71 Å². The third kappa shape index (κ3) is 1.35. The minimum absolute atomic E-state index is 0.528. The average Bonchev–Trinajstić information content (AvgIpc) is 2.05. The standard InChI is InChI=1S/C8H9NO/c1-7(9-10)8-5-3-2-4-6-8/h2-6,10H,1H3/p-1/b9-7+. The van der Waals surface area contributed by atoms with Gasteiger partial charge in [-0.15, -0.1) is 0 Å². The van der Waals surface area contributed by atoms with Crippen molar-refractivity contribution in [2.24, 2.45) is 5.16 Å². The van der Waals surface area contributed by atoms with Gasteiger partial charge in [0.05, 0.1) is 0 Å². The highest BCUT2D eigenvalue weighted by Crippen LogP contribution is 1.99. The molecule has 0 aliphatic heterocycles. The molecule has 0 heterocycles. The van der Waals surface area contributed by atoms with E-state index in [4.69, 9.17) is 0 Å². The zero-order chi connectivity index (χ0) is 7.40. The van der Waals surface area contributed by atoms with E-state index in [0.717, 1.165) is 5.56 Å². The Kier molecular flexibility index (Phi) is 2.05. The zero-order valence-corrected chi connectivity index (χ0v) is 5.74. The van der Waals surface area contributed by atoms with Crippen molar-refractivity contribution in [1.82, 2.24) is 0 Å². The quantitative estimate of drug-likeness (QED) is 0.427. The highest BCUT2D eigenvalue weighted by molar-refractivity contribution is 5.98. The molecule has 2 nitrogen and oxygen atoms in total. The first kappa shape index (κ1) is 6.81. The Labute approximate surface area is 59.8 Å². The highest BCUT2D eigenvalue weighted by Gasteiger charge is 1.89. The molecule has 0 fully saturated rings. The highest BCUT2D eigenvalue weighted by atomic mass is 16.4. The van der Waals surface area contributed by atoms with Gasteiger partial charge in [0.2, 0.25) is 0 Å². The van der Waals surface area contributed by atoms with Gasteiger partial charge in [-0.1, -0.05) is 30.3 Å². The van der Waals surface area contributed by atoms with Crippen LogP contribution in [0.3, 0.4) is 0 Å². The second kappa shape index (κ2) is 3.01. The Hall–Kier alpha value is -1.31. The van der Waals surface area contributed by atoms with Crippen molar-refractivity contribution in [2.45, 2.75) is 6.92 Å². The largest absolute Gasteiger partial charge is 0.792 e. The molecular formula is C8H8NO-. The third-order valence-electron chi connectivity index (χ3n) is 1.33. The number of hydrogen-bond donors (Lipinski definition) is 0. The molecule has 0 bridgehead atoms. The van der Waals surface area contributed by atoms with Crippen LogP contribution in [0, 0.1) is 5.21 Å². The summed E-state index contributed by atoms with van der Waals surface area (Å²) in [6, 6.07) is 9.38. The topological polar surface area (TPSA) is 35.4 Å². The molecule has 0 radical (unpaired) electrons. The minimum atomic E-state index is 0.528. The van der Waals surface area contributed by atoms with E-state index in [2.05, 4.69) is 5.16 Å². The van der Waals surface area contributed by atoms with E-state index in [1.54, 1.807) is 6.92 Å². The molecule has 0 atom stereocenters. The summed E-state index contributed by atoms with van der Waals surface area (Å²) in [7, 11) is 0. The van der Waals surface area contributed by atoms with E-state index >= 15 is 0 Å². The maximum Gasteiger partial charge on any atom is 0.0334 e. The maximum absolute atomic E-state index is 10.0. The van der Waals surface area contributed by atoms with Gasteiger partial charge in [-0.2, -0.15) is 0 Å². The van der Waals surface area contributed by atoms with E-state index in [-0.39, 0.29) is 0 Å². The van der Waals surface area contributed by atoms with E-state index in [9.17, 15) is 5.21 Å². The van der Waals surface area contributed by atoms with Crippen molar-refractivity contribution in [3.05, 3.63) is 41.1 Å². The van der Waals surface area contributed by atoms with Crippen LogP contribution >= 0.6 is 0 Å². The number of hydrogen-bond acceptors (Lipinski definition) is 2. The molecule has 2 heteroatoms. The van der Waals surface area contributed by atoms with Gasteiger partial charge in [0.1, 0.15) is 0 Å². The molecule has 0 aliphatic rings. The molecule has 10 heavy (non-hydrogen) atoms. The predicted octanol–water partition coefficient (Wildman–Crippen LogP) is 1.99. The Morgan fingerprint density at radius 3 is 2.40 bits per heavy atom. The van der Waals surface area contributed by atoms with E-state index in [1.165, 1.54) is 0 Å². The van der Waals surface area contributed by atoms with Crippen molar-refractivity contribution >= 4 is 5.71 Å². The van der Waals surface area contributed by atoms with Gasteiger partial charge in [0, 0.05) is 5.71 Å². The summed E-state index contributed by atoms with van der Waals surface area (Å²) in [5, 5.41) is 12.8. The van der Waals surface area contributed by atoms with Crippen LogP contribution in [0.25, 0.3) is 0 Å². The van der Waals surface area contributed by atoms with Crippen LogP contribution in [0.4, 0.5) is 0 Å². The van der Waals surface area contributed by atoms with E-state index < -0.39 is 0 Å². The van der Waals surface area contributed by atoms with Crippen LogP contribution in [0.2, 0.25) is 0 Å². The second-order valence-electron chi connectivity index (χ2n) is 2.04. The van der Waals surface area contributed by atoms with E-state index in [1.807, 2.05) is 30.3 Å². The molecule has 0 spiro atoms. The molecule has 0 saturated heterocycles. The Balaban J connectivity index is 2.96. The second-order valence-corrected chi connectivity index (χ2v) is 2.04. The molecule has 1 aromatic rings. The van der Waals surface area contributed by atoms with Gasteiger partial charge in [0.15, 0.2) is 0 Å². The fourth-order valence-corrected chi connectivity index (χ4v) is 0.732. The normalized spacial score (nSPS) is 11.5. The lowest BCUT2D eigenvalue weighted by Gasteiger charge is -2.00. The van der Waals surface area contributed by atoms with Crippen molar-refractivity contribution in [2.75, 3.05) is 0 Å². The zero-order valence-electron chi connectivity index (χ0n) is 5.74. The van der Waals surface area contributed by atoms with Gasteiger partial charge in [-0.05, 0) is 12.5 Å². The first-order valence-electron chi connectivity index (χ1n) is 3.07. The molecule has 0 amide bonds. The van der Waals surface area contributed by atoms with Crippen LogP contribution in [-0.2, 0) is 0 Å². The van der Waals surface area contributed by atoms with Gasteiger partial charge in [-0.3, -0.25) is 0 Å². The minimum Gasteiger partial charge on any atom is -0.792 e. The first-order valence-corrected chi connectivity index (χ1v) is 3.07. The maximum atomic E-state index is 10.0. The van der Waals surface area contributed by atoms with Crippen LogP contribution in [0.15, 0.2) is 35.5 Å². The van der Waals surface area contributed by atoms with Gasteiger partial charge in [-0.25, -0.2) is 0 Å². The van der Waals surface area contributed by atoms with Crippen molar-refractivity contribution < 1.29 is 0 Å². The fraction of sp³-hybridized carbons (Fsp3) is 0.125. The Bertz CT molecular complexity index is 228. The summed E-state index contributed by atoms with van der Waals surface area (Å²) >= 11 is 0. The SMILES string of the molecule is C/C(=N\[O-])c1ccccc1. The summed E-state index contributed by atoms with van der Waals surface area (Å²) in [6.45, 7) is 1.70. The summed E-state index contributed by atoms with van der Waals surface area (Å²) in [4.78, 5) is 0. The summed E-state index contributed by atoms with van der Waals surface area (Å²) < 4.78 is 0. The molecule has 0 aliphatic carbocycles. The lowest BCUT2D eigenvalue weighted by molar-refractivity contribution is 1.52. The monoisotopic (exact) mass is 134 g/mol. The molecule has 0 saturated carbocycles. The van der Waals surface area contributed by atoms with Gasteiger partial charge in [0.25, 0.3) is 0 Å². The Morgan fingerprint density at radius 2 is 1.90 bits per heavy atom. The molecule has 52 valence electrons. The smallest absolute Gasteiger partial charge is 0.0334 e. The van der Waals surface area contributed by atoms with Crippen molar-refractivity contribution in [3.8, 4) is 0 Å². The van der Waals surface area contributed by atoms with E-state index in [0.29, 0.717) is 5.71 Å². The van der Waals surface area contributed by atoms with Gasteiger partial charge >= 0.3 is 0 Å². The number of benzene rings is 1. The fourth-order valence-electron chi connectivity index (χ4n) is 0.732. The molecular weight excluding hydrogens is 126 g/mol. The summed E-state index contributed by atoms with van der Waals surface area (Å²) in [5.74, 6) is 0. The lowest BCUT2D eigenvalue weighted by atomic mass is 10.1. The average molecular weight is 134 g/mol. The Morgan fingerprint density at radius 1 is 1.30 bits per heavy atom. The predicted molar refractivity (Wildman–Crippen MR) is 42.0 cm³/mol. The molecule has 0 aromatic heterocycles. The summed E-state index contributed by atoms with van der Waals surface area (Å²) in [6.07, 6.45) is 0.